The SMILES string of the molecule is Cc1nc(SCC(=O)N(Cc2ccco2)CC(F)(F)F)c2ccccc2n1. The number of aromatic nitrogens is 2. The molecule has 0 radical (unpaired) electrons. The van der Waals surface area contributed by atoms with Gasteiger partial charge in [-0.25, -0.2) is 9.97 Å². The number of aryl methyl sites for hydroxylation is 1. The third kappa shape index (κ3) is 5.22. The number of nitrogens with zero attached hydrogens (tertiary/aromatic N) is 3. The number of thioether (sulfide) groups is 1. The average molecular weight is 395 g/mol. The summed E-state index contributed by atoms with van der Waals surface area (Å²) in [6.45, 7) is 0.150. The average Bonchev–Trinajstić information content (AvgIpc) is 3.10. The molecule has 0 saturated carbocycles. The molecule has 0 aliphatic carbocycles. The van der Waals surface area contributed by atoms with Crippen LogP contribution >= 0.6 is 11.8 Å². The number of benzene rings is 1. The minimum Gasteiger partial charge on any atom is -0.467 e. The Hall–Kier alpha value is -2.55. The van der Waals surface area contributed by atoms with Crippen molar-refractivity contribution in [3.8, 4) is 0 Å². The van der Waals surface area contributed by atoms with Crippen LogP contribution in [0.2, 0.25) is 0 Å². The summed E-state index contributed by atoms with van der Waals surface area (Å²) in [5, 5.41) is 1.32. The molecule has 1 aromatic carbocycles. The number of alkyl halides is 3. The quantitative estimate of drug-likeness (QED) is 0.462. The Morgan fingerprint density at radius 2 is 1.96 bits per heavy atom. The topological polar surface area (TPSA) is 59.2 Å². The van der Waals surface area contributed by atoms with E-state index in [9.17, 15) is 18.0 Å². The van der Waals surface area contributed by atoms with Gasteiger partial charge in [0.2, 0.25) is 5.91 Å². The molecule has 3 rings (SSSR count). The van der Waals surface area contributed by atoms with E-state index >= 15 is 0 Å². The summed E-state index contributed by atoms with van der Waals surface area (Å²) in [6, 6.07) is 10.4. The van der Waals surface area contributed by atoms with Gasteiger partial charge < -0.3 is 9.32 Å². The van der Waals surface area contributed by atoms with E-state index in [4.69, 9.17) is 4.42 Å². The molecule has 3 aromatic rings. The van der Waals surface area contributed by atoms with Crippen LogP contribution in [0.5, 0.6) is 0 Å². The molecular weight excluding hydrogens is 379 g/mol. The van der Waals surface area contributed by atoms with E-state index in [-0.39, 0.29) is 12.3 Å². The Bertz CT molecular complexity index is 929. The fourth-order valence-electron chi connectivity index (χ4n) is 2.53. The van der Waals surface area contributed by atoms with Crippen LogP contribution in [0, 0.1) is 6.92 Å². The molecule has 2 aromatic heterocycles. The van der Waals surface area contributed by atoms with Gasteiger partial charge in [0, 0.05) is 5.39 Å². The van der Waals surface area contributed by atoms with Crippen LogP contribution in [-0.2, 0) is 11.3 Å². The lowest BCUT2D eigenvalue weighted by Gasteiger charge is -2.23. The van der Waals surface area contributed by atoms with Gasteiger partial charge in [0.1, 0.15) is 23.2 Å². The minimum absolute atomic E-state index is 0.169. The molecule has 9 heteroatoms. The Labute approximate surface area is 157 Å². The first-order valence-electron chi connectivity index (χ1n) is 8.05. The summed E-state index contributed by atoms with van der Waals surface area (Å²) in [6.07, 6.45) is -3.14. The summed E-state index contributed by atoms with van der Waals surface area (Å²) in [5.74, 6) is 0.0124. The predicted molar refractivity (Wildman–Crippen MR) is 95.2 cm³/mol. The number of amides is 1. The molecule has 0 N–H and O–H groups in total. The number of rotatable bonds is 6. The lowest BCUT2D eigenvalue weighted by Crippen LogP contribution is -2.39. The van der Waals surface area contributed by atoms with E-state index in [0.29, 0.717) is 16.6 Å². The third-order valence-corrected chi connectivity index (χ3v) is 4.64. The summed E-state index contributed by atoms with van der Waals surface area (Å²) in [4.78, 5) is 21.8. The van der Waals surface area contributed by atoms with Crippen LogP contribution in [0.15, 0.2) is 52.1 Å². The second kappa shape index (κ2) is 7.99. The summed E-state index contributed by atoms with van der Waals surface area (Å²) in [5.41, 5.74) is 0.725. The van der Waals surface area contributed by atoms with Crippen LogP contribution in [0.3, 0.4) is 0 Å². The molecule has 27 heavy (non-hydrogen) atoms. The summed E-state index contributed by atoms with van der Waals surface area (Å²) < 4.78 is 43.7. The summed E-state index contributed by atoms with van der Waals surface area (Å²) in [7, 11) is 0. The summed E-state index contributed by atoms with van der Waals surface area (Å²) >= 11 is 1.10. The van der Waals surface area contributed by atoms with Crippen molar-refractivity contribution in [2.75, 3.05) is 12.3 Å². The molecule has 0 fully saturated rings. The van der Waals surface area contributed by atoms with E-state index < -0.39 is 18.6 Å². The Morgan fingerprint density at radius 1 is 1.19 bits per heavy atom. The van der Waals surface area contributed by atoms with Gasteiger partial charge in [-0.15, -0.1) is 0 Å². The first-order valence-corrected chi connectivity index (χ1v) is 9.03. The van der Waals surface area contributed by atoms with Gasteiger partial charge in [-0.1, -0.05) is 30.0 Å². The van der Waals surface area contributed by atoms with Gasteiger partial charge in [0.05, 0.1) is 24.1 Å². The molecule has 0 aliphatic heterocycles. The zero-order chi connectivity index (χ0) is 19.4. The monoisotopic (exact) mass is 395 g/mol. The standard InChI is InChI=1S/C18H16F3N3O2S/c1-12-22-15-7-3-2-6-14(15)17(23-12)27-10-16(25)24(11-18(19,20)21)9-13-5-4-8-26-13/h2-8H,9-11H2,1H3. The second-order valence-corrected chi connectivity index (χ2v) is 6.79. The fourth-order valence-corrected chi connectivity index (χ4v) is 3.50. The Morgan fingerprint density at radius 3 is 2.67 bits per heavy atom. The molecule has 2 heterocycles. The van der Waals surface area contributed by atoms with Crippen LogP contribution in [0.25, 0.3) is 10.9 Å². The van der Waals surface area contributed by atoms with Crippen molar-refractivity contribution in [3.05, 3.63) is 54.2 Å². The number of para-hydroxylation sites is 1. The van der Waals surface area contributed by atoms with Crippen LogP contribution in [-0.4, -0.2) is 39.2 Å². The smallest absolute Gasteiger partial charge is 0.406 e. The molecule has 142 valence electrons. The molecule has 5 nitrogen and oxygen atoms in total. The van der Waals surface area contributed by atoms with Crippen LogP contribution in [0.4, 0.5) is 13.2 Å². The van der Waals surface area contributed by atoms with E-state index in [2.05, 4.69) is 9.97 Å². The van der Waals surface area contributed by atoms with Crippen molar-refractivity contribution in [1.82, 2.24) is 14.9 Å². The number of fused-ring (bicyclic) bond motifs is 1. The Kier molecular flexibility index (Phi) is 5.69. The highest BCUT2D eigenvalue weighted by Gasteiger charge is 2.33. The zero-order valence-corrected chi connectivity index (χ0v) is 15.2. The lowest BCUT2D eigenvalue weighted by molar-refractivity contribution is -0.161. The second-order valence-electron chi connectivity index (χ2n) is 5.83. The number of halogens is 3. The van der Waals surface area contributed by atoms with Gasteiger partial charge >= 0.3 is 6.18 Å². The molecule has 0 bridgehead atoms. The van der Waals surface area contributed by atoms with E-state index in [1.54, 1.807) is 13.0 Å². The van der Waals surface area contributed by atoms with Crippen molar-refractivity contribution in [2.24, 2.45) is 0 Å². The van der Waals surface area contributed by atoms with Gasteiger partial charge in [0.15, 0.2) is 0 Å². The molecule has 0 aliphatic rings. The zero-order valence-electron chi connectivity index (χ0n) is 14.4. The first-order chi connectivity index (χ1) is 12.8. The van der Waals surface area contributed by atoms with Gasteiger partial charge in [-0.3, -0.25) is 4.79 Å². The molecule has 0 spiro atoms. The van der Waals surface area contributed by atoms with Gasteiger partial charge in [0.25, 0.3) is 0 Å². The highest BCUT2D eigenvalue weighted by molar-refractivity contribution is 8.00. The van der Waals surface area contributed by atoms with Crippen LogP contribution < -0.4 is 0 Å². The molecule has 0 atom stereocenters. The number of furan rings is 1. The largest absolute Gasteiger partial charge is 0.467 e. The predicted octanol–water partition coefficient (Wildman–Crippen LogP) is 4.21. The number of carbonyl (C=O) groups is 1. The van der Waals surface area contributed by atoms with Crippen molar-refractivity contribution >= 4 is 28.6 Å². The number of hydrogen-bond donors (Lipinski definition) is 0. The minimum atomic E-state index is -4.49. The number of carbonyl (C=O) groups excluding carboxylic acids is 1. The van der Waals surface area contributed by atoms with E-state index in [0.717, 1.165) is 27.6 Å². The van der Waals surface area contributed by atoms with Crippen molar-refractivity contribution in [3.63, 3.8) is 0 Å². The van der Waals surface area contributed by atoms with Crippen LogP contribution in [0.1, 0.15) is 11.6 Å². The maximum atomic E-state index is 12.9. The Balaban J connectivity index is 1.76. The highest BCUT2D eigenvalue weighted by atomic mass is 32.2. The molecule has 1 amide bonds. The molecule has 0 unspecified atom stereocenters. The van der Waals surface area contributed by atoms with Crippen molar-refractivity contribution < 1.29 is 22.4 Å². The fraction of sp³-hybridized carbons (Fsp3) is 0.278. The van der Waals surface area contributed by atoms with Gasteiger partial charge in [-0.2, -0.15) is 13.2 Å². The van der Waals surface area contributed by atoms with Crippen molar-refractivity contribution in [2.45, 2.75) is 24.7 Å². The molecule has 0 saturated heterocycles. The first kappa shape index (κ1) is 19.2. The maximum Gasteiger partial charge on any atom is 0.406 e. The normalized spacial score (nSPS) is 11.7. The van der Waals surface area contributed by atoms with E-state index in [1.807, 2.05) is 24.3 Å². The highest BCUT2D eigenvalue weighted by Crippen LogP contribution is 2.26. The number of hydrogen-bond acceptors (Lipinski definition) is 5. The lowest BCUT2D eigenvalue weighted by atomic mass is 10.2. The van der Waals surface area contributed by atoms with Crippen molar-refractivity contribution in [1.29, 1.82) is 0 Å². The maximum absolute atomic E-state index is 12.9. The van der Waals surface area contributed by atoms with E-state index in [1.165, 1.54) is 12.3 Å². The third-order valence-electron chi connectivity index (χ3n) is 3.66. The molecular formula is C18H16F3N3O2S. The van der Waals surface area contributed by atoms with Gasteiger partial charge in [-0.05, 0) is 25.1 Å².